The molecule has 7 heteroatoms. The molecule has 0 aromatic heterocycles. The van der Waals surface area contributed by atoms with Gasteiger partial charge in [0, 0.05) is 5.92 Å². The SMILES string of the molecule is CCOC(=O)[C@@H]1C(=O)NC(SC)=C(C#N)[C@@H]1c1ccccc1F. The first-order chi connectivity index (χ1) is 11.0. The first-order valence-corrected chi connectivity index (χ1v) is 8.17. The second kappa shape index (κ2) is 7.29. The highest BCUT2D eigenvalue weighted by Gasteiger charge is 2.45. The van der Waals surface area contributed by atoms with Gasteiger partial charge in [-0.25, -0.2) is 4.39 Å². The Morgan fingerprint density at radius 3 is 2.74 bits per heavy atom. The second-order valence-electron chi connectivity index (χ2n) is 4.78. The molecule has 0 radical (unpaired) electrons. The molecule has 5 nitrogen and oxygen atoms in total. The van der Waals surface area contributed by atoms with Crippen molar-refractivity contribution in [1.29, 1.82) is 5.26 Å². The van der Waals surface area contributed by atoms with Crippen LogP contribution in [0.25, 0.3) is 0 Å². The Balaban J connectivity index is 2.64. The highest BCUT2D eigenvalue weighted by atomic mass is 32.2. The van der Waals surface area contributed by atoms with E-state index in [4.69, 9.17) is 4.74 Å². The molecule has 2 atom stereocenters. The Labute approximate surface area is 137 Å². The van der Waals surface area contributed by atoms with E-state index in [1.165, 1.54) is 18.2 Å². The molecule has 1 aliphatic heterocycles. The minimum Gasteiger partial charge on any atom is -0.465 e. The van der Waals surface area contributed by atoms with E-state index in [-0.39, 0.29) is 17.7 Å². The van der Waals surface area contributed by atoms with Gasteiger partial charge >= 0.3 is 5.97 Å². The molecule has 2 rings (SSSR count). The zero-order valence-corrected chi connectivity index (χ0v) is 13.4. The summed E-state index contributed by atoms with van der Waals surface area (Å²) in [5, 5.41) is 12.3. The van der Waals surface area contributed by atoms with E-state index >= 15 is 0 Å². The van der Waals surface area contributed by atoms with E-state index in [2.05, 4.69) is 5.32 Å². The fourth-order valence-electron chi connectivity index (χ4n) is 2.54. The number of halogens is 1. The van der Waals surface area contributed by atoms with Crippen LogP contribution in [0.3, 0.4) is 0 Å². The number of carbonyl (C=O) groups excluding carboxylic acids is 2. The molecule has 0 unspecified atom stereocenters. The molecule has 1 N–H and O–H groups in total. The third kappa shape index (κ3) is 3.22. The van der Waals surface area contributed by atoms with Crippen LogP contribution in [0, 0.1) is 23.1 Å². The van der Waals surface area contributed by atoms with Gasteiger partial charge in [0.1, 0.15) is 11.7 Å². The van der Waals surface area contributed by atoms with Crippen LogP contribution >= 0.6 is 11.8 Å². The van der Waals surface area contributed by atoms with Crippen molar-refractivity contribution in [3.05, 3.63) is 46.2 Å². The molecule has 1 aromatic carbocycles. The number of hydrogen-bond acceptors (Lipinski definition) is 5. The van der Waals surface area contributed by atoms with E-state index in [0.717, 1.165) is 11.8 Å². The van der Waals surface area contributed by atoms with Crippen molar-refractivity contribution in [3.8, 4) is 6.07 Å². The smallest absolute Gasteiger partial charge is 0.319 e. The van der Waals surface area contributed by atoms with Crippen LogP contribution in [0.15, 0.2) is 34.9 Å². The Kier molecular flexibility index (Phi) is 5.40. The van der Waals surface area contributed by atoms with Gasteiger partial charge in [0.15, 0.2) is 0 Å². The quantitative estimate of drug-likeness (QED) is 0.675. The topological polar surface area (TPSA) is 79.2 Å². The molecule has 1 amide bonds. The number of carbonyl (C=O) groups is 2. The third-order valence-electron chi connectivity index (χ3n) is 3.51. The molecule has 0 saturated carbocycles. The summed E-state index contributed by atoms with van der Waals surface area (Å²) in [5.41, 5.74) is 0.281. The first kappa shape index (κ1) is 17.0. The lowest BCUT2D eigenvalue weighted by Crippen LogP contribution is -2.44. The number of ether oxygens (including phenoxy) is 1. The fraction of sp³-hybridized carbons (Fsp3) is 0.312. The maximum absolute atomic E-state index is 14.2. The minimum atomic E-state index is -1.29. The monoisotopic (exact) mass is 334 g/mol. The zero-order chi connectivity index (χ0) is 17.0. The number of nitriles is 1. The van der Waals surface area contributed by atoms with Gasteiger partial charge in [-0.2, -0.15) is 5.26 Å². The Bertz CT molecular complexity index is 712. The van der Waals surface area contributed by atoms with Gasteiger partial charge in [-0.15, -0.1) is 11.8 Å². The lowest BCUT2D eigenvalue weighted by atomic mass is 9.78. The number of rotatable bonds is 4. The molecular formula is C16H15FN2O3S. The number of hydrogen-bond donors (Lipinski definition) is 1. The van der Waals surface area contributed by atoms with E-state index in [1.807, 2.05) is 6.07 Å². The van der Waals surface area contributed by atoms with Crippen LogP contribution in [-0.2, 0) is 14.3 Å². The van der Waals surface area contributed by atoms with E-state index in [0.29, 0.717) is 5.03 Å². The lowest BCUT2D eigenvalue weighted by molar-refractivity contribution is -0.152. The summed E-state index contributed by atoms with van der Waals surface area (Å²) >= 11 is 1.16. The molecule has 23 heavy (non-hydrogen) atoms. The highest BCUT2D eigenvalue weighted by Crippen LogP contribution is 2.40. The summed E-state index contributed by atoms with van der Waals surface area (Å²) in [6.07, 6.45) is 1.69. The molecule has 120 valence electrons. The molecule has 0 spiro atoms. The minimum absolute atomic E-state index is 0.0909. The molecule has 0 fully saturated rings. The van der Waals surface area contributed by atoms with Gasteiger partial charge in [-0.3, -0.25) is 9.59 Å². The molecule has 0 saturated heterocycles. The Morgan fingerprint density at radius 1 is 1.48 bits per heavy atom. The fourth-order valence-corrected chi connectivity index (χ4v) is 3.13. The summed E-state index contributed by atoms with van der Waals surface area (Å²) in [4.78, 5) is 24.6. The average molecular weight is 334 g/mol. The van der Waals surface area contributed by atoms with Gasteiger partial charge in [0.25, 0.3) is 0 Å². The van der Waals surface area contributed by atoms with Gasteiger partial charge < -0.3 is 10.1 Å². The van der Waals surface area contributed by atoms with Crippen LogP contribution < -0.4 is 5.32 Å². The summed E-state index contributed by atoms with van der Waals surface area (Å²) in [6, 6.07) is 7.81. The first-order valence-electron chi connectivity index (χ1n) is 6.95. The van der Waals surface area contributed by atoms with E-state index in [9.17, 15) is 19.2 Å². The number of benzene rings is 1. The zero-order valence-electron chi connectivity index (χ0n) is 12.6. The Hall–Kier alpha value is -2.33. The van der Waals surface area contributed by atoms with Crippen molar-refractivity contribution in [2.24, 2.45) is 5.92 Å². The van der Waals surface area contributed by atoms with Gasteiger partial charge in [-0.1, -0.05) is 18.2 Å². The molecule has 0 bridgehead atoms. The maximum Gasteiger partial charge on any atom is 0.319 e. The third-order valence-corrected chi connectivity index (χ3v) is 4.24. The van der Waals surface area contributed by atoms with Crippen LogP contribution in [-0.4, -0.2) is 24.7 Å². The summed E-state index contributed by atoms with van der Waals surface area (Å²) in [7, 11) is 0. The number of allylic oxidation sites excluding steroid dienone is 1. The van der Waals surface area contributed by atoms with Crippen molar-refractivity contribution in [2.75, 3.05) is 12.9 Å². The maximum atomic E-state index is 14.2. The van der Waals surface area contributed by atoms with Gasteiger partial charge in [-0.05, 0) is 24.8 Å². The van der Waals surface area contributed by atoms with Crippen molar-refractivity contribution in [3.63, 3.8) is 0 Å². The van der Waals surface area contributed by atoms with Crippen molar-refractivity contribution in [1.82, 2.24) is 5.32 Å². The number of nitrogens with one attached hydrogen (secondary N) is 1. The molecular weight excluding hydrogens is 319 g/mol. The van der Waals surface area contributed by atoms with Crippen molar-refractivity contribution < 1.29 is 18.7 Å². The summed E-state index contributed by atoms with van der Waals surface area (Å²) in [6.45, 7) is 1.71. The van der Waals surface area contributed by atoms with Crippen molar-refractivity contribution in [2.45, 2.75) is 12.8 Å². The molecule has 0 aliphatic carbocycles. The lowest BCUT2D eigenvalue weighted by Gasteiger charge is -2.30. The van der Waals surface area contributed by atoms with Gasteiger partial charge in [0.2, 0.25) is 5.91 Å². The van der Waals surface area contributed by atoms with Crippen molar-refractivity contribution >= 4 is 23.6 Å². The van der Waals surface area contributed by atoms with E-state index < -0.39 is 29.5 Å². The highest BCUT2D eigenvalue weighted by molar-refractivity contribution is 8.02. The number of esters is 1. The van der Waals surface area contributed by atoms with Crippen LogP contribution in [0.1, 0.15) is 18.4 Å². The van der Waals surface area contributed by atoms with Gasteiger partial charge in [0.05, 0.1) is 23.3 Å². The molecule has 1 aliphatic rings. The average Bonchev–Trinajstić information content (AvgIpc) is 2.54. The predicted molar refractivity (Wildman–Crippen MR) is 83.6 cm³/mol. The van der Waals surface area contributed by atoms with Crippen LogP contribution in [0.4, 0.5) is 4.39 Å². The molecule has 1 aromatic rings. The largest absolute Gasteiger partial charge is 0.465 e. The van der Waals surface area contributed by atoms with E-state index in [1.54, 1.807) is 19.2 Å². The normalized spacial score (nSPS) is 20.7. The number of nitrogens with zero attached hydrogens (tertiary/aromatic N) is 1. The Morgan fingerprint density at radius 2 is 2.17 bits per heavy atom. The standard InChI is InChI=1S/C16H15FN2O3S/c1-3-22-16(21)13-12(9-6-4-5-7-11(9)17)10(8-18)15(23-2)19-14(13)20/h4-7,12-13H,3H2,1-2H3,(H,19,20)/t12-,13-/m0/s1. The number of thioether (sulfide) groups is 1. The van der Waals surface area contributed by atoms with Crippen LogP contribution in [0.2, 0.25) is 0 Å². The predicted octanol–water partition coefficient (Wildman–Crippen LogP) is 2.32. The second-order valence-corrected chi connectivity index (χ2v) is 5.59. The van der Waals surface area contributed by atoms with Crippen LogP contribution in [0.5, 0.6) is 0 Å². The number of amides is 1. The molecule has 1 heterocycles. The summed E-state index contributed by atoms with van der Waals surface area (Å²) < 4.78 is 19.2. The summed E-state index contributed by atoms with van der Waals surface area (Å²) in [5.74, 6) is -4.24.